The molecule has 2 amide bonds. The van der Waals surface area contributed by atoms with Gasteiger partial charge < -0.3 is 10.6 Å². The van der Waals surface area contributed by atoms with Crippen LogP contribution in [0.2, 0.25) is 0 Å². The van der Waals surface area contributed by atoms with Crippen LogP contribution in [-0.2, 0) is 16.1 Å². The Kier molecular flexibility index (Phi) is 5.48. The summed E-state index contributed by atoms with van der Waals surface area (Å²) in [6.45, 7) is 5.50. The highest BCUT2D eigenvalue weighted by atomic mass is 16.2. The topological polar surface area (TPSA) is 76.0 Å². The van der Waals surface area contributed by atoms with Gasteiger partial charge in [0.2, 0.25) is 11.8 Å². The van der Waals surface area contributed by atoms with Crippen LogP contribution in [0.4, 0.5) is 0 Å². The minimum Gasteiger partial charge on any atom is -0.355 e. The third kappa shape index (κ3) is 4.41. The molecular formula is C22H34N4O2. The highest BCUT2D eigenvalue weighted by Gasteiger charge is 2.51. The number of carbonyl (C=O) groups is 2. The molecule has 0 aromatic carbocycles. The van der Waals surface area contributed by atoms with E-state index in [0.29, 0.717) is 13.0 Å². The summed E-state index contributed by atoms with van der Waals surface area (Å²) in [4.78, 5) is 24.5. The predicted octanol–water partition coefficient (Wildman–Crippen LogP) is 2.73. The van der Waals surface area contributed by atoms with Crippen LogP contribution in [0.3, 0.4) is 0 Å². The summed E-state index contributed by atoms with van der Waals surface area (Å²) < 4.78 is 1.97. The van der Waals surface area contributed by atoms with Crippen LogP contribution in [0.25, 0.3) is 0 Å². The fourth-order valence-electron chi connectivity index (χ4n) is 6.51. The van der Waals surface area contributed by atoms with E-state index in [2.05, 4.69) is 21.8 Å². The van der Waals surface area contributed by atoms with E-state index >= 15 is 0 Å². The van der Waals surface area contributed by atoms with Gasteiger partial charge >= 0.3 is 0 Å². The zero-order chi connectivity index (χ0) is 19.7. The summed E-state index contributed by atoms with van der Waals surface area (Å²) in [7, 11) is 0. The zero-order valence-corrected chi connectivity index (χ0v) is 17.3. The number of amides is 2. The lowest BCUT2D eigenvalue weighted by atomic mass is 9.49. The number of nitrogens with one attached hydrogen (secondary N) is 2. The third-order valence-electron chi connectivity index (χ3n) is 7.12. The quantitative estimate of drug-likeness (QED) is 0.675. The Hall–Kier alpha value is -1.85. The minimum atomic E-state index is -0.104. The molecule has 6 nitrogen and oxygen atoms in total. The Bertz CT molecular complexity index is 704. The second-order valence-corrected chi connectivity index (χ2v) is 9.72. The Balaban J connectivity index is 1.14. The van der Waals surface area contributed by atoms with Crippen LogP contribution in [0.1, 0.15) is 62.8 Å². The second-order valence-electron chi connectivity index (χ2n) is 9.72. The molecule has 4 aliphatic carbocycles. The van der Waals surface area contributed by atoms with Gasteiger partial charge in [-0.3, -0.25) is 14.3 Å². The molecule has 0 radical (unpaired) electrons. The highest BCUT2D eigenvalue weighted by Crippen LogP contribution is 2.61. The van der Waals surface area contributed by atoms with Crippen molar-refractivity contribution in [2.75, 3.05) is 13.1 Å². The lowest BCUT2D eigenvalue weighted by Crippen LogP contribution is -2.48. The van der Waals surface area contributed by atoms with Gasteiger partial charge in [-0.2, -0.15) is 5.10 Å². The fraction of sp³-hybridized carbons (Fsp3) is 0.773. The summed E-state index contributed by atoms with van der Waals surface area (Å²) in [5.41, 5.74) is 2.39. The van der Waals surface area contributed by atoms with E-state index < -0.39 is 0 Å². The van der Waals surface area contributed by atoms with Crippen LogP contribution >= 0.6 is 0 Å². The van der Waals surface area contributed by atoms with Crippen LogP contribution in [0.15, 0.2) is 6.07 Å². The maximum Gasteiger partial charge on any atom is 0.239 e. The van der Waals surface area contributed by atoms with Gasteiger partial charge in [0.05, 0.1) is 12.2 Å². The molecule has 4 saturated carbocycles. The standard InChI is InChI=1S/C22H34N4O2/c1-15-6-16(2)26(25-15)5-3-4-23-21(28)14-24-20(27)13-22-10-17-7-18(11-22)9-19(8-17)12-22/h6,17-19H,3-5,7-14H2,1-2H3,(H,23,28)(H,24,27). The van der Waals surface area contributed by atoms with Crippen molar-refractivity contribution in [3.8, 4) is 0 Å². The van der Waals surface area contributed by atoms with E-state index in [1.54, 1.807) is 0 Å². The molecule has 0 saturated heterocycles. The Morgan fingerprint density at radius 2 is 1.71 bits per heavy atom. The van der Waals surface area contributed by atoms with E-state index in [9.17, 15) is 9.59 Å². The molecule has 4 bridgehead atoms. The predicted molar refractivity (Wildman–Crippen MR) is 108 cm³/mol. The van der Waals surface area contributed by atoms with Gasteiger partial charge in [0, 0.05) is 25.2 Å². The summed E-state index contributed by atoms with van der Waals surface area (Å²) in [6, 6.07) is 2.05. The average Bonchev–Trinajstić information content (AvgIpc) is 2.92. The smallest absolute Gasteiger partial charge is 0.239 e. The number of aromatic nitrogens is 2. The van der Waals surface area contributed by atoms with Crippen LogP contribution in [0.5, 0.6) is 0 Å². The van der Waals surface area contributed by atoms with Crippen molar-refractivity contribution in [3.63, 3.8) is 0 Å². The Labute approximate surface area is 167 Å². The minimum absolute atomic E-state index is 0.0553. The van der Waals surface area contributed by atoms with Crippen LogP contribution < -0.4 is 10.6 Å². The first-order chi connectivity index (χ1) is 13.4. The first kappa shape index (κ1) is 19.5. The van der Waals surface area contributed by atoms with Gasteiger partial charge in [0.25, 0.3) is 0 Å². The van der Waals surface area contributed by atoms with Crippen molar-refractivity contribution >= 4 is 11.8 Å². The molecule has 0 atom stereocenters. The molecule has 0 spiro atoms. The molecule has 0 unspecified atom stereocenters. The fourth-order valence-corrected chi connectivity index (χ4v) is 6.51. The molecule has 4 fully saturated rings. The average molecular weight is 387 g/mol. The number of carbonyl (C=O) groups excluding carboxylic acids is 2. The van der Waals surface area contributed by atoms with Crippen molar-refractivity contribution in [3.05, 3.63) is 17.5 Å². The molecule has 1 heterocycles. The van der Waals surface area contributed by atoms with E-state index in [0.717, 1.165) is 42.1 Å². The van der Waals surface area contributed by atoms with Crippen molar-refractivity contribution in [2.24, 2.45) is 23.2 Å². The largest absolute Gasteiger partial charge is 0.355 e. The van der Waals surface area contributed by atoms with E-state index in [4.69, 9.17) is 0 Å². The number of aryl methyl sites for hydroxylation is 3. The third-order valence-corrected chi connectivity index (χ3v) is 7.12. The molecule has 154 valence electrons. The summed E-state index contributed by atoms with van der Waals surface area (Å²) in [6.07, 6.45) is 9.29. The van der Waals surface area contributed by atoms with E-state index in [-0.39, 0.29) is 23.8 Å². The zero-order valence-electron chi connectivity index (χ0n) is 17.3. The maximum absolute atomic E-state index is 12.5. The SMILES string of the molecule is Cc1cc(C)n(CCCNC(=O)CNC(=O)CC23CC4CC(CC(C4)C2)C3)n1. The van der Waals surface area contributed by atoms with Crippen molar-refractivity contribution in [2.45, 2.75) is 71.8 Å². The molecule has 1 aromatic rings. The normalized spacial score (nSPS) is 30.4. The molecule has 1 aromatic heterocycles. The Morgan fingerprint density at radius 3 is 2.29 bits per heavy atom. The lowest BCUT2D eigenvalue weighted by Gasteiger charge is -2.56. The highest BCUT2D eigenvalue weighted by molar-refractivity contribution is 5.84. The summed E-state index contributed by atoms with van der Waals surface area (Å²) >= 11 is 0. The van der Waals surface area contributed by atoms with Gasteiger partial charge in [-0.25, -0.2) is 0 Å². The first-order valence-electron chi connectivity index (χ1n) is 11.0. The number of hydrogen-bond donors (Lipinski definition) is 2. The molecule has 2 N–H and O–H groups in total. The van der Waals surface area contributed by atoms with Crippen LogP contribution in [-0.4, -0.2) is 34.7 Å². The van der Waals surface area contributed by atoms with Crippen molar-refractivity contribution < 1.29 is 9.59 Å². The Morgan fingerprint density at radius 1 is 1.07 bits per heavy atom. The molecule has 6 heteroatoms. The second kappa shape index (κ2) is 7.88. The number of nitrogens with zero attached hydrogens (tertiary/aromatic N) is 2. The van der Waals surface area contributed by atoms with Gasteiger partial charge in [-0.1, -0.05) is 0 Å². The van der Waals surface area contributed by atoms with E-state index in [1.807, 2.05) is 18.5 Å². The van der Waals surface area contributed by atoms with Gasteiger partial charge in [-0.15, -0.1) is 0 Å². The summed E-state index contributed by atoms with van der Waals surface area (Å²) in [5, 5.41) is 10.2. The molecule has 0 aliphatic heterocycles. The molecule has 28 heavy (non-hydrogen) atoms. The lowest BCUT2D eigenvalue weighted by molar-refractivity contribution is -0.131. The molecular weight excluding hydrogens is 352 g/mol. The van der Waals surface area contributed by atoms with Gasteiger partial charge in [0.15, 0.2) is 0 Å². The van der Waals surface area contributed by atoms with Crippen molar-refractivity contribution in [1.29, 1.82) is 0 Å². The number of rotatable bonds is 8. The van der Waals surface area contributed by atoms with Gasteiger partial charge in [-0.05, 0) is 88.0 Å². The summed E-state index contributed by atoms with van der Waals surface area (Å²) in [5.74, 6) is 2.51. The monoisotopic (exact) mass is 386 g/mol. The van der Waals surface area contributed by atoms with Crippen molar-refractivity contribution in [1.82, 2.24) is 20.4 Å². The molecule has 4 aliphatic rings. The van der Waals surface area contributed by atoms with E-state index in [1.165, 1.54) is 38.5 Å². The maximum atomic E-state index is 12.5. The van der Waals surface area contributed by atoms with Crippen LogP contribution in [0, 0.1) is 37.0 Å². The van der Waals surface area contributed by atoms with Gasteiger partial charge in [0.1, 0.15) is 0 Å². The first-order valence-corrected chi connectivity index (χ1v) is 11.0. The molecule has 5 rings (SSSR count). The number of hydrogen-bond acceptors (Lipinski definition) is 3.